The largest absolute Gasteiger partial charge is 0.491 e. The number of nitrogens with zero attached hydrogens (tertiary/aromatic N) is 1. The van der Waals surface area contributed by atoms with E-state index in [-0.39, 0.29) is 24.1 Å². The molecule has 6 nitrogen and oxygen atoms in total. The Morgan fingerprint density at radius 3 is 2.15 bits per heavy atom. The first-order valence-corrected chi connectivity index (χ1v) is 12.8. The van der Waals surface area contributed by atoms with Crippen LogP contribution in [0.1, 0.15) is 30.5 Å². The summed E-state index contributed by atoms with van der Waals surface area (Å²) in [6.45, 7) is 7.62. The molecular formula is C27H32N2O4S. The summed E-state index contributed by atoms with van der Waals surface area (Å²) in [7, 11) is -3.95. The fraction of sp³-hybridized carbons (Fsp3) is 0.296. The van der Waals surface area contributed by atoms with E-state index < -0.39 is 15.9 Å². The minimum Gasteiger partial charge on any atom is -0.491 e. The van der Waals surface area contributed by atoms with Crippen molar-refractivity contribution in [1.29, 1.82) is 0 Å². The molecule has 0 aliphatic rings. The molecule has 0 aromatic heterocycles. The number of hydrogen-bond donors (Lipinski definition) is 1. The van der Waals surface area contributed by atoms with Gasteiger partial charge < -0.3 is 10.1 Å². The summed E-state index contributed by atoms with van der Waals surface area (Å²) in [6, 6.07) is 21.3. The zero-order valence-corrected chi connectivity index (χ0v) is 20.9. The highest BCUT2D eigenvalue weighted by Gasteiger charge is 2.29. The maximum Gasteiger partial charge on any atom is 0.264 e. The number of benzene rings is 3. The van der Waals surface area contributed by atoms with Crippen LogP contribution in [0.15, 0.2) is 77.7 Å². The van der Waals surface area contributed by atoms with Crippen molar-refractivity contribution in [3.05, 3.63) is 89.5 Å². The lowest BCUT2D eigenvalue weighted by atomic mass is 10.1. The average molecular weight is 481 g/mol. The minimum absolute atomic E-state index is 0.146. The van der Waals surface area contributed by atoms with Gasteiger partial charge in [0, 0.05) is 0 Å². The van der Waals surface area contributed by atoms with Crippen LogP contribution in [0.4, 0.5) is 5.69 Å². The Labute approximate surface area is 202 Å². The molecule has 1 atom stereocenters. The van der Waals surface area contributed by atoms with Crippen LogP contribution < -0.4 is 14.4 Å². The van der Waals surface area contributed by atoms with Crippen molar-refractivity contribution in [2.45, 2.75) is 45.1 Å². The second kappa shape index (κ2) is 11.2. The third-order valence-electron chi connectivity index (χ3n) is 5.47. The number of para-hydroxylation sites is 1. The van der Waals surface area contributed by atoms with Crippen molar-refractivity contribution >= 4 is 21.6 Å². The predicted octanol–water partition coefficient (Wildman–Crippen LogP) is 4.64. The standard InChI is InChI=1S/C27H32N2O4S/c1-5-23-8-6-7-9-26(23)29(34(31,32)25-16-12-21(3)13-17-25)18-27(30)28-22(4)19-33-24-14-10-20(2)11-15-24/h6-17,22H,5,18-19H2,1-4H3,(H,28,30). The van der Waals surface area contributed by atoms with E-state index in [0.29, 0.717) is 17.9 Å². The molecule has 0 bridgehead atoms. The molecule has 1 amide bonds. The minimum atomic E-state index is -3.95. The van der Waals surface area contributed by atoms with Crippen LogP contribution in [0.5, 0.6) is 5.75 Å². The normalized spacial score (nSPS) is 12.1. The predicted molar refractivity (Wildman–Crippen MR) is 136 cm³/mol. The van der Waals surface area contributed by atoms with E-state index >= 15 is 0 Å². The molecule has 34 heavy (non-hydrogen) atoms. The van der Waals surface area contributed by atoms with E-state index in [1.807, 2.05) is 64.1 Å². The van der Waals surface area contributed by atoms with Crippen LogP contribution >= 0.6 is 0 Å². The molecule has 0 aliphatic heterocycles. The molecule has 1 N–H and O–H groups in total. The quantitative estimate of drug-likeness (QED) is 0.459. The van der Waals surface area contributed by atoms with Gasteiger partial charge in [-0.1, -0.05) is 60.5 Å². The van der Waals surface area contributed by atoms with Gasteiger partial charge in [0.05, 0.1) is 16.6 Å². The molecule has 0 spiro atoms. The van der Waals surface area contributed by atoms with E-state index in [2.05, 4.69) is 5.32 Å². The Balaban J connectivity index is 1.79. The van der Waals surface area contributed by atoms with Gasteiger partial charge in [-0.15, -0.1) is 0 Å². The van der Waals surface area contributed by atoms with Crippen LogP contribution in [0, 0.1) is 13.8 Å². The van der Waals surface area contributed by atoms with E-state index in [4.69, 9.17) is 4.74 Å². The number of nitrogens with one attached hydrogen (secondary N) is 1. The van der Waals surface area contributed by atoms with Gasteiger partial charge >= 0.3 is 0 Å². The number of carbonyl (C=O) groups is 1. The van der Waals surface area contributed by atoms with Crippen molar-refractivity contribution in [1.82, 2.24) is 5.32 Å². The number of sulfonamides is 1. The molecule has 0 aliphatic carbocycles. The monoisotopic (exact) mass is 480 g/mol. The molecule has 0 saturated carbocycles. The molecule has 3 aromatic rings. The summed E-state index contributed by atoms with van der Waals surface area (Å²) in [4.78, 5) is 13.1. The number of carbonyl (C=O) groups excluding carboxylic acids is 1. The number of ether oxygens (including phenoxy) is 1. The lowest BCUT2D eigenvalue weighted by molar-refractivity contribution is -0.120. The molecule has 3 aromatic carbocycles. The second-order valence-electron chi connectivity index (χ2n) is 8.40. The second-order valence-corrected chi connectivity index (χ2v) is 10.3. The van der Waals surface area contributed by atoms with Gasteiger partial charge in [-0.2, -0.15) is 0 Å². The van der Waals surface area contributed by atoms with Crippen molar-refractivity contribution < 1.29 is 17.9 Å². The van der Waals surface area contributed by atoms with Gasteiger partial charge in [0.1, 0.15) is 18.9 Å². The topological polar surface area (TPSA) is 75.7 Å². The molecule has 3 rings (SSSR count). The summed E-state index contributed by atoms with van der Waals surface area (Å²) < 4.78 is 34.1. The molecule has 0 radical (unpaired) electrons. The van der Waals surface area contributed by atoms with Gasteiger partial charge in [0.25, 0.3) is 10.0 Å². The number of hydrogen-bond acceptors (Lipinski definition) is 4. The Kier molecular flexibility index (Phi) is 8.34. The zero-order valence-electron chi connectivity index (χ0n) is 20.1. The molecule has 0 saturated heterocycles. The highest BCUT2D eigenvalue weighted by molar-refractivity contribution is 7.92. The SMILES string of the molecule is CCc1ccccc1N(CC(=O)NC(C)COc1ccc(C)cc1)S(=O)(=O)c1ccc(C)cc1. The van der Waals surface area contributed by atoms with Crippen LogP contribution in [-0.2, 0) is 21.2 Å². The van der Waals surface area contributed by atoms with Gasteiger partial charge in [-0.25, -0.2) is 8.42 Å². The summed E-state index contributed by atoms with van der Waals surface area (Å²) >= 11 is 0. The fourth-order valence-electron chi connectivity index (χ4n) is 3.54. The lowest BCUT2D eigenvalue weighted by Gasteiger charge is -2.27. The Bertz CT molecular complexity index is 1210. The fourth-order valence-corrected chi connectivity index (χ4v) is 5.00. The third kappa shape index (κ3) is 6.38. The molecule has 0 heterocycles. The molecule has 0 fully saturated rings. The number of aryl methyl sites for hydroxylation is 3. The molecular weight excluding hydrogens is 448 g/mol. The maximum atomic E-state index is 13.6. The molecule has 7 heteroatoms. The number of rotatable bonds is 10. The Morgan fingerprint density at radius 2 is 1.53 bits per heavy atom. The Morgan fingerprint density at radius 1 is 0.941 bits per heavy atom. The molecule has 180 valence electrons. The third-order valence-corrected chi connectivity index (χ3v) is 7.24. The van der Waals surface area contributed by atoms with Gasteiger partial charge in [-0.3, -0.25) is 9.10 Å². The van der Waals surface area contributed by atoms with Crippen molar-refractivity contribution in [3.8, 4) is 5.75 Å². The first-order valence-electron chi connectivity index (χ1n) is 11.4. The number of anilines is 1. The summed E-state index contributed by atoms with van der Waals surface area (Å²) in [5, 5.41) is 2.86. The highest BCUT2D eigenvalue weighted by Crippen LogP contribution is 2.27. The zero-order chi connectivity index (χ0) is 24.7. The lowest BCUT2D eigenvalue weighted by Crippen LogP contribution is -2.45. The maximum absolute atomic E-state index is 13.6. The average Bonchev–Trinajstić information content (AvgIpc) is 2.82. The first-order chi connectivity index (χ1) is 16.2. The summed E-state index contributed by atoms with van der Waals surface area (Å²) in [6.07, 6.45) is 0.637. The van der Waals surface area contributed by atoms with E-state index in [9.17, 15) is 13.2 Å². The Hall–Kier alpha value is -3.32. The van der Waals surface area contributed by atoms with E-state index in [0.717, 1.165) is 16.7 Å². The van der Waals surface area contributed by atoms with Crippen LogP contribution in [0.25, 0.3) is 0 Å². The van der Waals surface area contributed by atoms with Crippen molar-refractivity contribution in [2.75, 3.05) is 17.5 Å². The number of amides is 1. The first kappa shape index (κ1) is 25.3. The summed E-state index contributed by atoms with van der Waals surface area (Å²) in [5.41, 5.74) is 3.45. The van der Waals surface area contributed by atoms with Gasteiger partial charge in [0.15, 0.2) is 0 Å². The smallest absolute Gasteiger partial charge is 0.264 e. The summed E-state index contributed by atoms with van der Waals surface area (Å²) in [5.74, 6) is 0.314. The van der Waals surface area contributed by atoms with Gasteiger partial charge in [0.2, 0.25) is 5.91 Å². The van der Waals surface area contributed by atoms with Crippen LogP contribution in [0.3, 0.4) is 0 Å². The highest BCUT2D eigenvalue weighted by atomic mass is 32.2. The van der Waals surface area contributed by atoms with Crippen molar-refractivity contribution in [3.63, 3.8) is 0 Å². The van der Waals surface area contributed by atoms with Crippen LogP contribution in [-0.4, -0.2) is 33.5 Å². The van der Waals surface area contributed by atoms with Gasteiger partial charge in [-0.05, 0) is 63.1 Å². The van der Waals surface area contributed by atoms with E-state index in [1.165, 1.54) is 4.31 Å². The van der Waals surface area contributed by atoms with Crippen molar-refractivity contribution in [2.24, 2.45) is 0 Å². The molecule has 1 unspecified atom stereocenters. The van der Waals surface area contributed by atoms with Crippen LogP contribution in [0.2, 0.25) is 0 Å². The van der Waals surface area contributed by atoms with E-state index in [1.54, 1.807) is 36.4 Å².